The second-order valence-electron chi connectivity index (χ2n) is 3.98. The number of aromatic amines is 1. The lowest BCUT2D eigenvalue weighted by Gasteiger charge is -2.08. The van der Waals surface area contributed by atoms with E-state index in [1.54, 1.807) is 0 Å². The SMILES string of the molecule is CS(=O)(=O)Nc1ccc(NS(=O)(=O)c2ccn[nH]2)cc1. The van der Waals surface area contributed by atoms with Gasteiger partial charge in [-0.05, 0) is 30.3 Å². The van der Waals surface area contributed by atoms with Crippen molar-refractivity contribution >= 4 is 31.4 Å². The smallest absolute Gasteiger partial charge is 0.278 e. The molecule has 0 saturated carbocycles. The molecule has 0 aliphatic heterocycles. The fraction of sp³-hybridized carbons (Fsp3) is 0.100. The molecule has 2 rings (SSSR count). The highest BCUT2D eigenvalue weighted by atomic mass is 32.2. The van der Waals surface area contributed by atoms with Gasteiger partial charge in [0.1, 0.15) is 0 Å². The van der Waals surface area contributed by atoms with Gasteiger partial charge in [0.15, 0.2) is 5.03 Å². The predicted molar refractivity (Wildman–Crippen MR) is 74.3 cm³/mol. The third-order valence-electron chi connectivity index (χ3n) is 2.21. The molecule has 0 saturated heterocycles. The molecule has 0 radical (unpaired) electrons. The monoisotopic (exact) mass is 316 g/mol. The van der Waals surface area contributed by atoms with E-state index in [1.165, 1.54) is 36.5 Å². The zero-order valence-electron chi connectivity index (χ0n) is 10.4. The van der Waals surface area contributed by atoms with Crippen molar-refractivity contribution in [1.82, 2.24) is 10.2 Å². The van der Waals surface area contributed by atoms with Crippen LogP contribution in [0, 0.1) is 0 Å². The molecule has 1 heterocycles. The van der Waals surface area contributed by atoms with Crippen LogP contribution in [-0.4, -0.2) is 33.3 Å². The number of nitrogens with zero attached hydrogens (tertiary/aromatic N) is 1. The fourth-order valence-corrected chi connectivity index (χ4v) is 2.96. The van der Waals surface area contributed by atoms with Crippen LogP contribution in [0.5, 0.6) is 0 Å². The molecular formula is C10H12N4O4S2. The van der Waals surface area contributed by atoms with Crippen LogP contribution in [0.2, 0.25) is 0 Å². The maximum Gasteiger partial charge on any atom is 0.278 e. The number of sulfonamides is 2. The summed E-state index contributed by atoms with van der Waals surface area (Å²) in [7, 11) is -7.09. The molecule has 0 fully saturated rings. The molecule has 8 nitrogen and oxygen atoms in total. The Hall–Kier alpha value is -2.07. The summed E-state index contributed by atoms with van der Waals surface area (Å²) in [5, 5.41) is 5.85. The van der Waals surface area contributed by atoms with E-state index in [1.807, 2.05) is 0 Å². The van der Waals surface area contributed by atoms with Crippen molar-refractivity contribution in [2.24, 2.45) is 0 Å². The Morgan fingerprint density at radius 2 is 1.50 bits per heavy atom. The first kappa shape index (κ1) is 14.3. The molecular weight excluding hydrogens is 304 g/mol. The number of H-pyrrole nitrogens is 1. The Kier molecular flexibility index (Phi) is 3.68. The van der Waals surface area contributed by atoms with E-state index in [0.717, 1.165) is 6.26 Å². The topological polar surface area (TPSA) is 121 Å². The summed E-state index contributed by atoms with van der Waals surface area (Å²) in [6.07, 6.45) is 2.36. The standard InChI is InChI=1S/C10H12N4O4S2/c1-19(15,16)13-8-2-4-9(5-3-8)14-20(17,18)10-6-7-11-12-10/h2-7,13-14H,1H3,(H,11,12). The lowest BCUT2D eigenvalue weighted by atomic mass is 10.3. The molecule has 3 N–H and O–H groups in total. The van der Waals surface area contributed by atoms with Gasteiger partial charge in [-0.15, -0.1) is 0 Å². The van der Waals surface area contributed by atoms with Gasteiger partial charge in [0.05, 0.1) is 12.5 Å². The molecule has 1 aromatic carbocycles. The second-order valence-corrected chi connectivity index (χ2v) is 7.38. The molecule has 0 amide bonds. The highest BCUT2D eigenvalue weighted by molar-refractivity contribution is 7.92. The minimum atomic E-state index is -3.72. The van der Waals surface area contributed by atoms with E-state index in [4.69, 9.17) is 0 Å². The van der Waals surface area contributed by atoms with E-state index in [-0.39, 0.29) is 5.03 Å². The van der Waals surface area contributed by atoms with Crippen LogP contribution in [0.25, 0.3) is 0 Å². The number of hydrogen-bond acceptors (Lipinski definition) is 5. The van der Waals surface area contributed by atoms with Gasteiger partial charge in [-0.25, -0.2) is 8.42 Å². The van der Waals surface area contributed by atoms with Crippen molar-refractivity contribution in [1.29, 1.82) is 0 Å². The summed E-state index contributed by atoms with van der Waals surface area (Å²) in [4.78, 5) is 0. The molecule has 0 aliphatic rings. The van der Waals surface area contributed by atoms with E-state index in [0.29, 0.717) is 11.4 Å². The maximum atomic E-state index is 11.9. The van der Waals surface area contributed by atoms with E-state index in [9.17, 15) is 16.8 Å². The molecule has 1 aromatic heterocycles. The van der Waals surface area contributed by atoms with E-state index in [2.05, 4.69) is 19.6 Å². The van der Waals surface area contributed by atoms with Crippen molar-refractivity contribution in [2.45, 2.75) is 5.03 Å². The molecule has 0 aliphatic carbocycles. The third kappa shape index (κ3) is 3.71. The predicted octanol–water partition coefficient (Wildman–Crippen LogP) is 0.582. The van der Waals surface area contributed by atoms with Crippen LogP contribution in [0.3, 0.4) is 0 Å². The lowest BCUT2D eigenvalue weighted by Crippen LogP contribution is -2.13. The average Bonchev–Trinajstić information content (AvgIpc) is 2.84. The highest BCUT2D eigenvalue weighted by Crippen LogP contribution is 2.17. The number of hydrogen-bond donors (Lipinski definition) is 3. The second kappa shape index (κ2) is 5.13. The largest absolute Gasteiger partial charge is 0.284 e. The Morgan fingerprint density at radius 1 is 0.950 bits per heavy atom. The maximum absolute atomic E-state index is 11.9. The number of nitrogens with one attached hydrogen (secondary N) is 3. The average molecular weight is 316 g/mol. The zero-order valence-corrected chi connectivity index (χ0v) is 12.0. The van der Waals surface area contributed by atoms with Gasteiger partial charge in [-0.3, -0.25) is 14.5 Å². The number of rotatable bonds is 5. The minimum absolute atomic E-state index is 0.0594. The Morgan fingerprint density at radius 3 is 1.95 bits per heavy atom. The van der Waals surface area contributed by atoms with Gasteiger partial charge in [0, 0.05) is 11.4 Å². The quantitative estimate of drug-likeness (QED) is 0.745. The van der Waals surface area contributed by atoms with Gasteiger partial charge >= 0.3 is 0 Å². The van der Waals surface area contributed by atoms with Crippen LogP contribution in [0.1, 0.15) is 0 Å². The van der Waals surface area contributed by atoms with Crippen molar-refractivity contribution in [3.63, 3.8) is 0 Å². The number of anilines is 2. The van der Waals surface area contributed by atoms with Crippen molar-refractivity contribution < 1.29 is 16.8 Å². The van der Waals surface area contributed by atoms with Crippen LogP contribution < -0.4 is 9.44 Å². The first-order valence-corrected chi connectivity index (χ1v) is 8.74. The van der Waals surface area contributed by atoms with Gasteiger partial charge in [-0.1, -0.05) is 0 Å². The number of aromatic nitrogens is 2. The van der Waals surface area contributed by atoms with Crippen molar-refractivity contribution in [2.75, 3.05) is 15.7 Å². The number of benzene rings is 1. The highest BCUT2D eigenvalue weighted by Gasteiger charge is 2.15. The van der Waals surface area contributed by atoms with Crippen molar-refractivity contribution in [3.05, 3.63) is 36.5 Å². The van der Waals surface area contributed by atoms with Crippen LogP contribution in [-0.2, 0) is 20.0 Å². The van der Waals surface area contributed by atoms with Crippen LogP contribution in [0.4, 0.5) is 11.4 Å². The molecule has 2 aromatic rings. The summed E-state index contributed by atoms with van der Waals surface area (Å²) >= 11 is 0. The Labute approximate surface area is 116 Å². The van der Waals surface area contributed by atoms with Gasteiger partial charge in [0.25, 0.3) is 10.0 Å². The van der Waals surface area contributed by atoms with Gasteiger partial charge < -0.3 is 0 Å². The molecule has 0 atom stereocenters. The minimum Gasteiger partial charge on any atom is -0.284 e. The summed E-state index contributed by atoms with van der Waals surface area (Å²) in [6.45, 7) is 0. The molecule has 108 valence electrons. The zero-order chi connectivity index (χ0) is 14.8. The van der Waals surface area contributed by atoms with Crippen LogP contribution >= 0.6 is 0 Å². The molecule has 10 heteroatoms. The fourth-order valence-electron chi connectivity index (χ4n) is 1.42. The van der Waals surface area contributed by atoms with E-state index < -0.39 is 20.0 Å². The van der Waals surface area contributed by atoms with E-state index >= 15 is 0 Å². The van der Waals surface area contributed by atoms with Crippen LogP contribution in [0.15, 0.2) is 41.6 Å². The molecule has 20 heavy (non-hydrogen) atoms. The first-order valence-electron chi connectivity index (χ1n) is 5.36. The van der Waals surface area contributed by atoms with Gasteiger partial charge in [-0.2, -0.15) is 13.5 Å². The lowest BCUT2D eigenvalue weighted by molar-refractivity contribution is 0.597. The molecule has 0 unspecified atom stereocenters. The summed E-state index contributed by atoms with van der Waals surface area (Å²) < 4.78 is 50.4. The Bertz CT molecular complexity index is 780. The van der Waals surface area contributed by atoms with Gasteiger partial charge in [0.2, 0.25) is 10.0 Å². The first-order chi connectivity index (χ1) is 9.26. The summed E-state index contributed by atoms with van der Waals surface area (Å²) in [5.74, 6) is 0. The van der Waals surface area contributed by atoms with Crippen molar-refractivity contribution in [3.8, 4) is 0 Å². The summed E-state index contributed by atoms with van der Waals surface area (Å²) in [5.41, 5.74) is 0.649. The molecule has 0 spiro atoms. The normalized spacial score (nSPS) is 12.1. The third-order valence-corrected chi connectivity index (χ3v) is 4.12. The summed E-state index contributed by atoms with van der Waals surface area (Å²) in [6, 6.07) is 7.11. The Balaban J connectivity index is 2.16. The molecule has 0 bridgehead atoms.